The van der Waals surface area contributed by atoms with Gasteiger partial charge >= 0.3 is 0 Å². The van der Waals surface area contributed by atoms with Crippen molar-refractivity contribution in [1.82, 2.24) is 0 Å². The Hall–Kier alpha value is -1.71. The number of methoxy groups -OCH3 is 2. The highest BCUT2D eigenvalue weighted by molar-refractivity contribution is 5.92. The van der Waals surface area contributed by atoms with Gasteiger partial charge in [0.2, 0.25) is 5.91 Å². The van der Waals surface area contributed by atoms with Gasteiger partial charge < -0.3 is 14.8 Å². The van der Waals surface area contributed by atoms with Gasteiger partial charge in [-0.15, -0.1) is 0 Å². The van der Waals surface area contributed by atoms with Crippen molar-refractivity contribution in [3.8, 4) is 11.5 Å². The maximum absolute atomic E-state index is 11.2. The summed E-state index contributed by atoms with van der Waals surface area (Å²) in [6.07, 6.45) is 0.431. The van der Waals surface area contributed by atoms with Gasteiger partial charge in [-0.1, -0.05) is 6.92 Å². The van der Waals surface area contributed by atoms with Gasteiger partial charge in [-0.2, -0.15) is 0 Å². The van der Waals surface area contributed by atoms with Crippen molar-refractivity contribution in [1.29, 1.82) is 0 Å². The third-order valence-corrected chi connectivity index (χ3v) is 2.00. The molecule has 15 heavy (non-hydrogen) atoms. The van der Waals surface area contributed by atoms with Crippen molar-refractivity contribution in [2.24, 2.45) is 0 Å². The Morgan fingerprint density at radius 2 is 2.07 bits per heavy atom. The van der Waals surface area contributed by atoms with Gasteiger partial charge in [0, 0.05) is 12.5 Å². The zero-order valence-electron chi connectivity index (χ0n) is 9.16. The lowest BCUT2D eigenvalue weighted by Gasteiger charge is -2.10. The molecule has 0 atom stereocenters. The number of carbonyl (C=O) groups excluding carboxylic acids is 1. The highest BCUT2D eigenvalue weighted by Crippen LogP contribution is 2.28. The van der Waals surface area contributed by atoms with E-state index in [0.29, 0.717) is 23.6 Å². The predicted octanol–water partition coefficient (Wildman–Crippen LogP) is 2.05. The minimum atomic E-state index is -0.0541. The van der Waals surface area contributed by atoms with Crippen LogP contribution in [0, 0.1) is 0 Å². The molecule has 0 aromatic heterocycles. The summed E-state index contributed by atoms with van der Waals surface area (Å²) in [6, 6.07) is 5.26. The highest BCUT2D eigenvalue weighted by Gasteiger charge is 2.07. The first-order chi connectivity index (χ1) is 7.21. The van der Waals surface area contributed by atoms with Crippen LogP contribution in [0.5, 0.6) is 11.5 Å². The molecule has 1 N–H and O–H groups in total. The summed E-state index contributed by atoms with van der Waals surface area (Å²) < 4.78 is 10.2. The molecular weight excluding hydrogens is 194 g/mol. The van der Waals surface area contributed by atoms with Crippen molar-refractivity contribution >= 4 is 11.6 Å². The van der Waals surface area contributed by atoms with Gasteiger partial charge in [-0.25, -0.2) is 0 Å². The monoisotopic (exact) mass is 209 g/mol. The Labute approximate surface area is 89.2 Å². The first kappa shape index (κ1) is 11.4. The Morgan fingerprint density at radius 1 is 1.33 bits per heavy atom. The molecule has 4 nitrogen and oxygen atoms in total. The predicted molar refractivity (Wildman–Crippen MR) is 58.5 cm³/mol. The van der Waals surface area contributed by atoms with Crippen molar-refractivity contribution < 1.29 is 14.3 Å². The zero-order chi connectivity index (χ0) is 11.3. The summed E-state index contributed by atoms with van der Waals surface area (Å²) in [7, 11) is 3.14. The first-order valence-electron chi connectivity index (χ1n) is 4.73. The maximum Gasteiger partial charge on any atom is 0.224 e. The normalized spacial score (nSPS) is 9.53. The quantitative estimate of drug-likeness (QED) is 0.825. The van der Waals surface area contributed by atoms with Gasteiger partial charge in [0.1, 0.15) is 11.5 Å². The Morgan fingerprint density at radius 3 is 2.60 bits per heavy atom. The van der Waals surface area contributed by atoms with E-state index in [9.17, 15) is 4.79 Å². The van der Waals surface area contributed by atoms with Gasteiger partial charge in [0.05, 0.1) is 19.9 Å². The molecule has 0 saturated heterocycles. The molecule has 0 bridgehead atoms. The average molecular weight is 209 g/mol. The fraction of sp³-hybridized carbons (Fsp3) is 0.364. The van der Waals surface area contributed by atoms with E-state index in [2.05, 4.69) is 5.32 Å². The molecule has 1 amide bonds. The molecule has 0 radical (unpaired) electrons. The topological polar surface area (TPSA) is 47.6 Å². The van der Waals surface area contributed by atoms with Crippen LogP contribution >= 0.6 is 0 Å². The lowest BCUT2D eigenvalue weighted by Crippen LogP contribution is -2.10. The number of anilines is 1. The van der Waals surface area contributed by atoms with E-state index in [4.69, 9.17) is 9.47 Å². The molecule has 0 aliphatic carbocycles. The molecule has 0 spiro atoms. The zero-order valence-corrected chi connectivity index (χ0v) is 9.16. The summed E-state index contributed by atoms with van der Waals surface area (Å²) in [4.78, 5) is 11.2. The van der Waals surface area contributed by atoms with E-state index >= 15 is 0 Å². The van der Waals surface area contributed by atoms with Gasteiger partial charge in [0.15, 0.2) is 0 Å². The van der Waals surface area contributed by atoms with Crippen LogP contribution in [0.25, 0.3) is 0 Å². The second-order valence-corrected chi connectivity index (χ2v) is 2.97. The Bertz CT molecular complexity index is 350. The van der Waals surface area contributed by atoms with Crippen LogP contribution < -0.4 is 14.8 Å². The number of ether oxygens (including phenoxy) is 2. The molecular formula is C11H15NO3. The smallest absolute Gasteiger partial charge is 0.224 e. The van der Waals surface area contributed by atoms with Crippen LogP contribution in [0.2, 0.25) is 0 Å². The fourth-order valence-corrected chi connectivity index (χ4v) is 1.15. The highest BCUT2D eigenvalue weighted by atomic mass is 16.5. The number of hydrogen-bond donors (Lipinski definition) is 1. The number of benzene rings is 1. The van der Waals surface area contributed by atoms with Gasteiger partial charge in [0.25, 0.3) is 0 Å². The van der Waals surface area contributed by atoms with E-state index in [1.54, 1.807) is 39.3 Å². The number of nitrogens with one attached hydrogen (secondary N) is 1. The van der Waals surface area contributed by atoms with E-state index in [-0.39, 0.29) is 5.91 Å². The van der Waals surface area contributed by atoms with Crippen LogP contribution in [-0.2, 0) is 4.79 Å². The Kier molecular flexibility index (Phi) is 3.97. The minimum absolute atomic E-state index is 0.0541. The largest absolute Gasteiger partial charge is 0.497 e. The maximum atomic E-state index is 11.2. The van der Waals surface area contributed by atoms with Gasteiger partial charge in [-0.05, 0) is 12.1 Å². The van der Waals surface area contributed by atoms with E-state index < -0.39 is 0 Å². The van der Waals surface area contributed by atoms with E-state index in [1.165, 1.54) is 0 Å². The SMILES string of the molecule is CCC(=O)Nc1cc(OC)ccc1OC. The molecule has 1 aromatic carbocycles. The minimum Gasteiger partial charge on any atom is -0.497 e. The lowest BCUT2D eigenvalue weighted by atomic mass is 10.2. The molecule has 0 saturated carbocycles. The summed E-state index contributed by atoms with van der Waals surface area (Å²) >= 11 is 0. The number of rotatable bonds is 4. The van der Waals surface area contributed by atoms with Crippen molar-refractivity contribution in [2.45, 2.75) is 13.3 Å². The van der Waals surface area contributed by atoms with E-state index in [1.807, 2.05) is 0 Å². The fourth-order valence-electron chi connectivity index (χ4n) is 1.15. The molecule has 1 aromatic rings. The number of amides is 1. The van der Waals surface area contributed by atoms with Crippen molar-refractivity contribution in [2.75, 3.05) is 19.5 Å². The second-order valence-electron chi connectivity index (χ2n) is 2.97. The molecule has 82 valence electrons. The molecule has 0 fully saturated rings. The number of hydrogen-bond acceptors (Lipinski definition) is 3. The van der Waals surface area contributed by atoms with E-state index in [0.717, 1.165) is 0 Å². The molecule has 0 aliphatic heterocycles. The Balaban J connectivity index is 2.95. The van der Waals surface area contributed by atoms with Crippen LogP contribution in [0.4, 0.5) is 5.69 Å². The van der Waals surface area contributed by atoms with Crippen LogP contribution in [-0.4, -0.2) is 20.1 Å². The standard InChI is InChI=1S/C11H15NO3/c1-4-11(13)12-9-7-8(14-2)5-6-10(9)15-3/h5-7H,4H2,1-3H3,(H,12,13). The van der Waals surface area contributed by atoms with Crippen molar-refractivity contribution in [3.63, 3.8) is 0 Å². The summed E-state index contributed by atoms with van der Waals surface area (Å²) in [6.45, 7) is 1.79. The summed E-state index contributed by atoms with van der Waals surface area (Å²) in [5, 5.41) is 2.74. The van der Waals surface area contributed by atoms with Crippen LogP contribution in [0.15, 0.2) is 18.2 Å². The molecule has 0 heterocycles. The van der Waals surface area contributed by atoms with Crippen molar-refractivity contribution in [3.05, 3.63) is 18.2 Å². The molecule has 1 rings (SSSR count). The van der Waals surface area contributed by atoms with Crippen LogP contribution in [0.1, 0.15) is 13.3 Å². The van der Waals surface area contributed by atoms with Gasteiger partial charge in [-0.3, -0.25) is 4.79 Å². The summed E-state index contributed by atoms with van der Waals surface area (Å²) in [5.74, 6) is 1.25. The second kappa shape index (κ2) is 5.24. The summed E-state index contributed by atoms with van der Waals surface area (Å²) in [5.41, 5.74) is 0.628. The third-order valence-electron chi connectivity index (χ3n) is 2.00. The third kappa shape index (κ3) is 2.87. The molecule has 0 unspecified atom stereocenters. The molecule has 0 aliphatic rings. The van der Waals surface area contributed by atoms with Crippen LogP contribution in [0.3, 0.4) is 0 Å². The molecule has 4 heteroatoms. The average Bonchev–Trinajstić information content (AvgIpc) is 2.28. The first-order valence-corrected chi connectivity index (χ1v) is 4.73. The number of carbonyl (C=O) groups is 1. The lowest BCUT2D eigenvalue weighted by molar-refractivity contribution is -0.115.